The Kier molecular flexibility index (Phi) is 3.54. The molecule has 0 radical (unpaired) electrons. The average molecular weight is 231 g/mol. The zero-order chi connectivity index (χ0) is 12.3. The van der Waals surface area contributed by atoms with Gasteiger partial charge in [0.1, 0.15) is 0 Å². The van der Waals surface area contributed by atoms with Crippen molar-refractivity contribution in [2.75, 3.05) is 0 Å². The highest BCUT2D eigenvalue weighted by Crippen LogP contribution is 2.18. The number of nitrogens with zero attached hydrogens (tertiary/aromatic N) is 3. The third kappa shape index (κ3) is 2.71. The zero-order valence-corrected chi connectivity index (χ0v) is 10.2. The highest BCUT2D eigenvalue weighted by atomic mass is 16.3. The van der Waals surface area contributed by atoms with Crippen molar-refractivity contribution in [2.24, 2.45) is 5.92 Å². The summed E-state index contributed by atoms with van der Waals surface area (Å²) in [5, 5.41) is 13.8. The van der Waals surface area contributed by atoms with Crippen molar-refractivity contribution in [3.8, 4) is 11.3 Å². The first-order chi connectivity index (χ1) is 8.20. The molecule has 0 atom stereocenters. The summed E-state index contributed by atoms with van der Waals surface area (Å²) in [7, 11) is 0. The van der Waals surface area contributed by atoms with Crippen LogP contribution in [-0.4, -0.2) is 19.9 Å². The van der Waals surface area contributed by atoms with Gasteiger partial charge in [-0.25, -0.2) is 0 Å². The van der Waals surface area contributed by atoms with Gasteiger partial charge in [0.05, 0.1) is 18.0 Å². The second kappa shape index (κ2) is 5.10. The van der Waals surface area contributed by atoms with Gasteiger partial charge in [0, 0.05) is 24.5 Å². The number of hydrogen-bond acceptors (Lipinski definition) is 3. The van der Waals surface area contributed by atoms with Crippen molar-refractivity contribution in [1.29, 1.82) is 0 Å². The lowest BCUT2D eigenvalue weighted by atomic mass is 10.2. The standard InChI is InChI=1S/C13H17N3O/c1-10(2)8-16-12(9-17)6-13(15-16)11-4-3-5-14-7-11/h3-7,10,17H,8-9H2,1-2H3. The Balaban J connectivity index is 2.34. The first kappa shape index (κ1) is 11.8. The van der Waals surface area contributed by atoms with E-state index in [9.17, 15) is 5.11 Å². The normalized spacial score (nSPS) is 11.1. The van der Waals surface area contributed by atoms with Gasteiger partial charge in [-0.1, -0.05) is 13.8 Å². The molecule has 0 fully saturated rings. The van der Waals surface area contributed by atoms with Crippen LogP contribution in [0.5, 0.6) is 0 Å². The summed E-state index contributed by atoms with van der Waals surface area (Å²) < 4.78 is 1.87. The van der Waals surface area contributed by atoms with Crippen LogP contribution in [0.4, 0.5) is 0 Å². The van der Waals surface area contributed by atoms with E-state index in [1.807, 2.05) is 22.9 Å². The van der Waals surface area contributed by atoms with Gasteiger partial charge < -0.3 is 5.11 Å². The fourth-order valence-electron chi connectivity index (χ4n) is 1.74. The van der Waals surface area contributed by atoms with Crippen LogP contribution < -0.4 is 0 Å². The van der Waals surface area contributed by atoms with Crippen LogP contribution >= 0.6 is 0 Å². The third-order valence-corrected chi connectivity index (χ3v) is 2.52. The molecule has 0 saturated heterocycles. The second-order valence-corrected chi connectivity index (χ2v) is 4.50. The molecule has 0 saturated carbocycles. The van der Waals surface area contributed by atoms with Gasteiger partial charge in [0.2, 0.25) is 0 Å². The molecule has 0 amide bonds. The molecule has 2 aromatic rings. The van der Waals surface area contributed by atoms with E-state index in [-0.39, 0.29) is 6.61 Å². The second-order valence-electron chi connectivity index (χ2n) is 4.50. The van der Waals surface area contributed by atoms with Gasteiger partial charge >= 0.3 is 0 Å². The summed E-state index contributed by atoms with van der Waals surface area (Å²) in [4.78, 5) is 4.07. The number of pyridine rings is 1. The van der Waals surface area contributed by atoms with E-state index in [0.29, 0.717) is 5.92 Å². The van der Waals surface area contributed by atoms with E-state index >= 15 is 0 Å². The van der Waals surface area contributed by atoms with Crippen molar-refractivity contribution < 1.29 is 5.11 Å². The summed E-state index contributed by atoms with van der Waals surface area (Å²) in [6, 6.07) is 5.77. The fraction of sp³-hybridized carbons (Fsp3) is 0.385. The Labute approximate surface area is 101 Å². The van der Waals surface area contributed by atoms with E-state index in [0.717, 1.165) is 23.5 Å². The molecule has 0 aliphatic heterocycles. The van der Waals surface area contributed by atoms with Crippen molar-refractivity contribution in [3.05, 3.63) is 36.3 Å². The maximum atomic E-state index is 9.32. The van der Waals surface area contributed by atoms with Crippen LogP contribution in [-0.2, 0) is 13.2 Å². The van der Waals surface area contributed by atoms with Crippen LogP contribution in [0.3, 0.4) is 0 Å². The minimum absolute atomic E-state index is 0.0139. The van der Waals surface area contributed by atoms with Crippen LogP contribution in [0.1, 0.15) is 19.5 Å². The molecule has 2 rings (SSSR count). The fourth-order valence-corrected chi connectivity index (χ4v) is 1.74. The summed E-state index contributed by atoms with van der Waals surface area (Å²) >= 11 is 0. The Morgan fingerprint density at radius 2 is 2.24 bits per heavy atom. The Bertz CT molecular complexity index is 477. The zero-order valence-electron chi connectivity index (χ0n) is 10.2. The van der Waals surface area contributed by atoms with Crippen molar-refractivity contribution >= 4 is 0 Å². The van der Waals surface area contributed by atoms with E-state index in [4.69, 9.17) is 0 Å². The van der Waals surface area contributed by atoms with E-state index in [1.165, 1.54) is 0 Å². The summed E-state index contributed by atoms with van der Waals surface area (Å²) in [6.07, 6.45) is 3.52. The minimum Gasteiger partial charge on any atom is -0.390 e. The highest BCUT2D eigenvalue weighted by Gasteiger charge is 2.09. The van der Waals surface area contributed by atoms with Gasteiger partial charge in [-0.05, 0) is 24.1 Å². The molecule has 2 aromatic heterocycles. The lowest BCUT2D eigenvalue weighted by molar-refractivity contribution is 0.264. The number of aliphatic hydroxyl groups is 1. The van der Waals surface area contributed by atoms with Gasteiger partial charge in [-0.3, -0.25) is 9.67 Å². The molecule has 0 unspecified atom stereocenters. The molecule has 0 aromatic carbocycles. The van der Waals surface area contributed by atoms with Crippen molar-refractivity contribution in [1.82, 2.24) is 14.8 Å². The van der Waals surface area contributed by atoms with Crippen LogP contribution in [0.25, 0.3) is 11.3 Å². The Hall–Kier alpha value is -1.68. The van der Waals surface area contributed by atoms with E-state index < -0.39 is 0 Å². The molecule has 90 valence electrons. The molecule has 1 N–H and O–H groups in total. The molecule has 17 heavy (non-hydrogen) atoms. The third-order valence-electron chi connectivity index (χ3n) is 2.52. The van der Waals surface area contributed by atoms with Crippen LogP contribution in [0.15, 0.2) is 30.6 Å². The predicted octanol–water partition coefficient (Wildman–Crippen LogP) is 2.09. The monoisotopic (exact) mass is 231 g/mol. The maximum Gasteiger partial charge on any atom is 0.0942 e. The summed E-state index contributed by atoms with van der Waals surface area (Å²) in [6.45, 7) is 5.09. The van der Waals surface area contributed by atoms with E-state index in [1.54, 1.807) is 12.4 Å². The molecule has 0 aliphatic rings. The van der Waals surface area contributed by atoms with Crippen LogP contribution in [0.2, 0.25) is 0 Å². The smallest absolute Gasteiger partial charge is 0.0942 e. The molecule has 0 spiro atoms. The first-order valence-electron chi connectivity index (χ1n) is 5.78. The average Bonchev–Trinajstić information content (AvgIpc) is 2.72. The predicted molar refractivity (Wildman–Crippen MR) is 66.2 cm³/mol. The van der Waals surface area contributed by atoms with E-state index in [2.05, 4.69) is 23.9 Å². The molecule has 4 heteroatoms. The molecular formula is C13H17N3O. The molecule has 2 heterocycles. The maximum absolute atomic E-state index is 9.32. The lowest BCUT2D eigenvalue weighted by Crippen LogP contribution is -2.09. The van der Waals surface area contributed by atoms with Gasteiger partial charge in [-0.15, -0.1) is 0 Å². The highest BCUT2D eigenvalue weighted by molar-refractivity contribution is 5.57. The molecular weight excluding hydrogens is 214 g/mol. The quantitative estimate of drug-likeness (QED) is 0.876. The molecule has 0 aliphatic carbocycles. The summed E-state index contributed by atoms with van der Waals surface area (Å²) in [5.74, 6) is 0.502. The number of aromatic nitrogens is 3. The van der Waals surface area contributed by atoms with Gasteiger partial charge in [-0.2, -0.15) is 5.10 Å². The number of aliphatic hydroxyl groups excluding tert-OH is 1. The topological polar surface area (TPSA) is 50.9 Å². The van der Waals surface area contributed by atoms with Gasteiger partial charge in [0.15, 0.2) is 0 Å². The minimum atomic E-state index is 0.0139. The largest absolute Gasteiger partial charge is 0.390 e. The number of hydrogen-bond donors (Lipinski definition) is 1. The lowest BCUT2D eigenvalue weighted by Gasteiger charge is -2.07. The number of rotatable bonds is 4. The molecule has 4 nitrogen and oxygen atoms in total. The Morgan fingerprint density at radius 3 is 2.82 bits per heavy atom. The van der Waals surface area contributed by atoms with Crippen molar-refractivity contribution in [3.63, 3.8) is 0 Å². The van der Waals surface area contributed by atoms with Crippen LogP contribution in [0, 0.1) is 5.92 Å². The SMILES string of the molecule is CC(C)Cn1nc(-c2cccnc2)cc1CO. The summed E-state index contributed by atoms with van der Waals surface area (Å²) in [5.41, 5.74) is 2.69. The molecule has 0 bridgehead atoms. The first-order valence-corrected chi connectivity index (χ1v) is 5.78. The van der Waals surface area contributed by atoms with Gasteiger partial charge in [0.25, 0.3) is 0 Å². The Morgan fingerprint density at radius 1 is 1.41 bits per heavy atom. The van der Waals surface area contributed by atoms with Crippen molar-refractivity contribution in [2.45, 2.75) is 27.0 Å².